The van der Waals surface area contributed by atoms with Crippen LogP contribution in [-0.4, -0.2) is 42.7 Å². The summed E-state index contributed by atoms with van der Waals surface area (Å²) >= 11 is 0. The minimum absolute atomic E-state index is 0.106. The van der Waals surface area contributed by atoms with Crippen molar-refractivity contribution in [2.75, 3.05) is 6.61 Å². The van der Waals surface area contributed by atoms with Gasteiger partial charge < -0.3 is 13.9 Å². The smallest absolute Gasteiger partial charge is 0.330 e. The Bertz CT molecular complexity index is 1380. The molecule has 3 aromatic rings. The van der Waals surface area contributed by atoms with Crippen LogP contribution in [0.1, 0.15) is 33.9 Å². The lowest BCUT2D eigenvalue weighted by Crippen LogP contribution is -2.67. The molecule has 0 amide bonds. The van der Waals surface area contributed by atoms with Crippen molar-refractivity contribution in [3.8, 4) is 12.3 Å². The lowest BCUT2D eigenvalue weighted by atomic mass is 9.99. The maximum Gasteiger partial charge on any atom is 0.330 e. The van der Waals surface area contributed by atoms with E-state index >= 15 is 0 Å². The van der Waals surface area contributed by atoms with Crippen LogP contribution in [-0.2, 0) is 18.7 Å². The van der Waals surface area contributed by atoms with Crippen molar-refractivity contribution in [1.29, 1.82) is 0 Å². The molecule has 1 N–H and O–H groups in total. The fourth-order valence-corrected chi connectivity index (χ4v) is 9.79. The van der Waals surface area contributed by atoms with E-state index in [9.17, 15) is 14.4 Å². The zero-order valence-electron chi connectivity index (χ0n) is 21.9. The lowest BCUT2D eigenvalue weighted by Gasteiger charge is -2.43. The zero-order valence-corrected chi connectivity index (χ0v) is 22.9. The number of nitrogens with zero attached hydrogens (tertiary/aromatic N) is 1. The molecular weight excluding hydrogens is 500 g/mol. The van der Waals surface area contributed by atoms with E-state index in [0.29, 0.717) is 0 Å². The molecule has 0 radical (unpaired) electrons. The summed E-state index contributed by atoms with van der Waals surface area (Å²) < 4.78 is 20.0. The summed E-state index contributed by atoms with van der Waals surface area (Å²) in [5.74, 6) is 1.45. The number of carbonyl (C=O) groups excluding carboxylic acids is 1. The molecule has 1 saturated heterocycles. The Morgan fingerprint density at radius 2 is 1.63 bits per heavy atom. The maximum atomic E-state index is 12.6. The van der Waals surface area contributed by atoms with E-state index in [2.05, 4.69) is 55.9 Å². The first kappa shape index (κ1) is 27.3. The van der Waals surface area contributed by atoms with Gasteiger partial charge in [0.1, 0.15) is 0 Å². The van der Waals surface area contributed by atoms with Gasteiger partial charge in [0.2, 0.25) is 0 Å². The maximum absolute atomic E-state index is 12.6. The van der Waals surface area contributed by atoms with Crippen LogP contribution in [0.2, 0.25) is 5.04 Å². The first-order valence-corrected chi connectivity index (χ1v) is 14.3. The van der Waals surface area contributed by atoms with E-state index in [0.717, 1.165) is 10.4 Å². The van der Waals surface area contributed by atoms with E-state index in [4.69, 9.17) is 20.3 Å². The van der Waals surface area contributed by atoms with Crippen LogP contribution in [0.5, 0.6) is 0 Å². The van der Waals surface area contributed by atoms with Gasteiger partial charge in [0.25, 0.3) is 13.9 Å². The Morgan fingerprint density at radius 3 is 2.11 bits per heavy atom. The number of hydrogen-bond donors (Lipinski definition) is 1. The van der Waals surface area contributed by atoms with Crippen LogP contribution in [0.15, 0.2) is 82.5 Å². The predicted octanol–water partition coefficient (Wildman–Crippen LogP) is 2.19. The monoisotopic (exact) mass is 532 g/mol. The summed E-state index contributed by atoms with van der Waals surface area (Å²) in [4.78, 5) is 38.4. The number of carbonyl (C=O) groups is 1. The van der Waals surface area contributed by atoms with E-state index in [1.807, 2.05) is 36.4 Å². The van der Waals surface area contributed by atoms with E-state index in [-0.39, 0.29) is 11.6 Å². The number of benzene rings is 2. The Hall–Kier alpha value is -3.71. The van der Waals surface area contributed by atoms with Gasteiger partial charge >= 0.3 is 11.7 Å². The Balaban J connectivity index is 1.76. The molecule has 4 atom stereocenters. The minimum Gasteiger partial charge on any atom is -0.456 e. The average molecular weight is 533 g/mol. The van der Waals surface area contributed by atoms with Crippen molar-refractivity contribution in [2.24, 2.45) is 5.92 Å². The third-order valence-electron chi connectivity index (χ3n) is 6.85. The molecule has 0 spiro atoms. The third-order valence-corrected chi connectivity index (χ3v) is 11.9. The van der Waals surface area contributed by atoms with Gasteiger partial charge in [-0.3, -0.25) is 19.1 Å². The quantitative estimate of drug-likeness (QED) is 0.285. The highest BCUT2D eigenvalue weighted by Gasteiger charge is 2.53. The number of esters is 1. The standard InChI is InChI=1S/C29H32N2O6Si/c1-6-23-24(37-27(26(23)36-20(2)32)31-18-17-25(33)30-28(31)34)19-35-38(29(3,4)5,21-13-9-7-10-14-21)22-15-11-8-12-16-22/h1,7-18,23-24,26-27H,19H2,2-5H3,(H,30,33,34)/t23-,24-,26-,27?/m1/s1. The Labute approximate surface area is 222 Å². The van der Waals surface area contributed by atoms with E-state index in [1.54, 1.807) is 0 Å². The van der Waals surface area contributed by atoms with Gasteiger partial charge in [-0.05, 0) is 15.4 Å². The van der Waals surface area contributed by atoms with Crippen molar-refractivity contribution in [2.45, 2.75) is 51.2 Å². The predicted molar refractivity (Wildman–Crippen MR) is 147 cm³/mol. The molecule has 0 aliphatic carbocycles. The van der Waals surface area contributed by atoms with Crippen molar-refractivity contribution in [1.82, 2.24) is 9.55 Å². The molecule has 1 aliphatic heterocycles. The first-order valence-electron chi connectivity index (χ1n) is 12.4. The highest BCUT2D eigenvalue weighted by Crippen LogP contribution is 2.40. The van der Waals surface area contributed by atoms with Crippen LogP contribution in [0.3, 0.4) is 0 Å². The second-order valence-electron chi connectivity index (χ2n) is 10.3. The molecule has 38 heavy (non-hydrogen) atoms. The second kappa shape index (κ2) is 11.0. The summed E-state index contributed by atoms with van der Waals surface area (Å²) in [6.07, 6.45) is 4.57. The number of aromatic nitrogens is 2. The molecule has 198 valence electrons. The number of ether oxygens (including phenoxy) is 2. The zero-order chi connectivity index (χ0) is 27.5. The number of nitrogens with one attached hydrogen (secondary N) is 1. The molecule has 1 fully saturated rings. The fourth-order valence-electron chi connectivity index (χ4n) is 5.22. The molecule has 1 unspecified atom stereocenters. The van der Waals surface area contributed by atoms with E-state index in [1.165, 1.54) is 23.8 Å². The second-order valence-corrected chi connectivity index (χ2v) is 14.6. The van der Waals surface area contributed by atoms with Crippen molar-refractivity contribution < 1.29 is 18.7 Å². The molecule has 8 nitrogen and oxygen atoms in total. The van der Waals surface area contributed by atoms with E-state index < -0.39 is 49.9 Å². The third kappa shape index (κ3) is 5.16. The van der Waals surface area contributed by atoms with Gasteiger partial charge in [0.05, 0.1) is 18.6 Å². The van der Waals surface area contributed by atoms with Crippen LogP contribution in [0, 0.1) is 18.3 Å². The number of aromatic amines is 1. The summed E-state index contributed by atoms with van der Waals surface area (Å²) in [5, 5.41) is 1.92. The molecule has 4 rings (SSSR count). The van der Waals surface area contributed by atoms with Gasteiger partial charge in [0, 0.05) is 19.2 Å². The summed E-state index contributed by atoms with van der Waals surface area (Å²) in [5.41, 5.74) is -1.24. The van der Waals surface area contributed by atoms with Crippen LogP contribution in [0.25, 0.3) is 0 Å². The van der Waals surface area contributed by atoms with Crippen molar-refractivity contribution >= 4 is 24.7 Å². The summed E-state index contributed by atoms with van der Waals surface area (Å²) in [6, 6.07) is 21.5. The average Bonchev–Trinajstić information content (AvgIpc) is 3.21. The molecule has 1 aliphatic rings. The molecule has 9 heteroatoms. The van der Waals surface area contributed by atoms with Gasteiger partial charge in [0.15, 0.2) is 12.3 Å². The molecule has 2 heterocycles. The fraction of sp³-hybridized carbons (Fsp3) is 0.345. The van der Waals surface area contributed by atoms with Crippen molar-refractivity contribution in [3.63, 3.8) is 0 Å². The minimum atomic E-state index is -2.91. The van der Waals surface area contributed by atoms with Gasteiger partial charge in [-0.25, -0.2) is 4.79 Å². The highest BCUT2D eigenvalue weighted by atomic mass is 28.4. The van der Waals surface area contributed by atoms with Crippen molar-refractivity contribution in [3.05, 3.63) is 93.8 Å². The molecule has 1 aromatic heterocycles. The molecule has 0 saturated carbocycles. The number of H-pyrrole nitrogens is 1. The first-order chi connectivity index (χ1) is 18.1. The normalized spacial score (nSPS) is 21.6. The summed E-state index contributed by atoms with van der Waals surface area (Å²) in [7, 11) is -2.91. The largest absolute Gasteiger partial charge is 0.456 e. The molecule has 2 aromatic carbocycles. The number of hydrogen-bond acceptors (Lipinski definition) is 6. The van der Waals surface area contributed by atoms with Crippen LogP contribution in [0.4, 0.5) is 0 Å². The Kier molecular flexibility index (Phi) is 7.88. The van der Waals surface area contributed by atoms with Gasteiger partial charge in [-0.2, -0.15) is 0 Å². The van der Waals surface area contributed by atoms with Gasteiger partial charge in [-0.1, -0.05) is 87.4 Å². The molecule has 0 bridgehead atoms. The Morgan fingerprint density at radius 1 is 1.05 bits per heavy atom. The number of terminal acetylenes is 1. The van der Waals surface area contributed by atoms with Gasteiger partial charge in [-0.15, -0.1) is 6.42 Å². The summed E-state index contributed by atoms with van der Waals surface area (Å²) in [6.45, 7) is 7.87. The van der Waals surface area contributed by atoms with Crippen LogP contribution < -0.4 is 21.6 Å². The topological polar surface area (TPSA) is 99.6 Å². The highest BCUT2D eigenvalue weighted by molar-refractivity contribution is 6.99. The van der Waals surface area contributed by atoms with Crippen LogP contribution >= 0.6 is 0 Å². The molecular formula is C29H32N2O6Si. The lowest BCUT2D eigenvalue weighted by molar-refractivity contribution is -0.153. The SMILES string of the molecule is C#C[C@@H]1[C@@H](CO[Si](c2ccccc2)(c2ccccc2)C(C)(C)C)OC(n2ccc(=O)[nH]c2=O)[C@@H]1OC(C)=O. The number of rotatable bonds is 7.